The number of alkyl halides is 3. The molecule has 15 heteroatoms. The van der Waals surface area contributed by atoms with Crippen molar-refractivity contribution in [1.29, 1.82) is 0 Å². The molecule has 3 aliphatic rings. The first kappa shape index (κ1) is 38.4. The summed E-state index contributed by atoms with van der Waals surface area (Å²) < 4.78 is 54.8. The fourth-order valence-electron chi connectivity index (χ4n) is 7.54. The lowest BCUT2D eigenvalue weighted by atomic mass is 9.83. The summed E-state index contributed by atoms with van der Waals surface area (Å²) >= 11 is 7.13. The van der Waals surface area contributed by atoms with Crippen LogP contribution >= 0.6 is 11.6 Å². The van der Waals surface area contributed by atoms with E-state index in [2.05, 4.69) is 31.2 Å². The predicted octanol–water partition coefficient (Wildman–Crippen LogP) is 7.06. The van der Waals surface area contributed by atoms with Crippen LogP contribution in [-0.2, 0) is 35.3 Å². The summed E-state index contributed by atoms with van der Waals surface area (Å²) in [7, 11) is 2.93. The molecule has 1 aliphatic heterocycles. The van der Waals surface area contributed by atoms with Gasteiger partial charge in [-0.25, -0.2) is 0 Å². The number of pyridine rings is 2. The van der Waals surface area contributed by atoms with Crippen LogP contribution in [0, 0.1) is 0 Å². The van der Waals surface area contributed by atoms with Crippen molar-refractivity contribution < 1.29 is 37.3 Å². The highest BCUT2D eigenvalue weighted by molar-refractivity contribution is 6.35. The first-order valence-corrected chi connectivity index (χ1v) is 18.6. The Hall–Kier alpha value is -4.92. The number of hydrogen-bond acceptors (Lipinski definition) is 9. The van der Waals surface area contributed by atoms with Gasteiger partial charge in [0.15, 0.2) is 0 Å². The minimum Gasteiger partial charge on any atom is -0.496 e. The molecular weight excluding hydrogens is 737 g/mol. The molecule has 2 aromatic carbocycles. The SMILES string of the molecule is COc1cc(-c2nccc(-c3cccc4c3CCC[C@H]4Nc3nc(OC)c(CNC4(C(=O)O)CC4)cc3C(F)(F)F)c2Cl)ccc1CNC[C@H]1CCC(=O)N1. The fourth-order valence-corrected chi connectivity index (χ4v) is 7.86. The summed E-state index contributed by atoms with van der Waals surface area (Å²) in [6.45, 7) is 1.05. The van der Waals surface area contributed by atoms with E-state index in [1.807, 2.05) is 42.5 Å². The smallest absolute Gasteiger partial charge is 0.419 e. The number of nitrogens with zero attached hydrogens (tertiary/aromatic N) is 2. The van der Waals surface area contributed by atoms with Gasteiger partial charge in [0.1, 0.15) is 17.1 Å². The third-order valence-corrected chi connectivity index (χ3v) is 11.1. The van der Waals surface area contributed by atoms with E-state index in [0.29, 0.717) is 68.1 Å². The van der Waals surface area contributed by atoms with Crippen molar-refractivity contribution >= 4 is 29.3 Å². The largest absolute Gasteiger partial charge is 0.496 e. The number of aliphatic carboxylic acids is 1. The minimum atomic E-state index is -4.74. The Morgan fingerprint density at radius 3 is 2.55 bits per heavy atom. The van der Waals surface area contributed by atoms with Gasteiger partial charge in [0.25, 0.3) is 0 Å². The second-order valence-electron chi connectivity index (χ2n) is 14.2. The van der Waals surface area contributed by atoms with Gasteiger partial charge in [-0.15, -0.1) is 0 Å². The number of aromatic nitrogens is 2. The maximum Gasteiger partial charge on any atom is 0.419 e. The van der Waals surface area contributed by atoms with Crippen LogP contribution in [0.2, 0.25) is 5.02 Å². The van der Waals surface area contributed by atoms with Gasteiger partial charge >= 0.3 is 12.1 Å². The molecule has 0 unspecified atom stereocenters. The first-order valence-electron chi connectivity index (χ1n) is 18.2. The molecule has 5 N–H and O–H groups in total. The van der Waals surface area contributed by atoms with Crippen LogP contribution in [-0.4, -0.2) is 59.3 Å². The number of methoxy groups -OCH3 is 2. The average Bonchev–Trinajstić information content (AvgIpc) is 3.86. The summed E-state index contributed by atoms with van der Waals surface area (Å²) in [5.41, 5.74) is 3.67. The lowest BCUT2D eigenvalue weighted by Crippen LogP contribution is -2.38. The lowest BCUT2D eigenvalue weighted by molar-refractivity contribution is -0.141. The maximum absolute atomic E-state index is 14.6. The first-order chi connectivity index (χ1) is 26.4. The zero-order chi connectivity index (χ0) is 38.9. The molecule has 290 valence electrons. The van der Waals surface area contributed by atoms with Gasteiger partial charge in [0.2, 0.25) is 11.8 Å². The van der Waals surface area contributed by atoms with Crippen LogP contribution in [0.5, 0.6) is 11.6 Å². The maximum atomic E-state index is 14.6. The number of amides is 1. The number of fused-ring (bicyclic) bond motifs is 1. The number of ether oxygens (including phenoxy) is 2. The van der Waals surface area contributed by atoms with E-state index in [0.717, 1.165) is 45.9 Å². The van der Waals surface area contributed by atoms with Crippen LogP contribution in [0.3, 0.4) is 0 Å². The molecule has 0 bridgehead atoms. The number of benzene rings is 2. The van der Waals surface area contributed by atoms with E-state index in [4.69, 9.17) is 21.1 Å². The Morgan fingerprint density at radius 2 is 1.85 bits per heavy atom. The Morgan fingerprint density at radius 1 is 1.04 bits per heavy atom. The van der Waals surface area contributed by atoms with Crippen molar-refractivity contribution in [2.75, 3.05) is 26.1 Å². The predicted molar refractivity (Wildman–Crippen MR) is 201 cm³/mol. The van der Waals surface area contributed by atoms with Crippen LogP contribution < -0.4 is 30.7 Å². The van der Waals surface area contributed by atoms with Gasteiger partial charge in [-0.05, 0) is 73.4 Å². The third-order valence-electron chi connectivity index (χ3n) is 10.7. The van der Waals surface area contributed by atoms with E-state index >= 15 is 0 Å². The number of anilines is 1. The van der Waals surface area contributed by atoms with E-state index in [1.165, 1.54) is 7.11 Å². The fraction of sp³-hybridized carbons (Fsp3) is 0.400. The van der Waals surface area contributed by atoms with Crippen LogP contribution in [0.15, 0.2) is 54.7 Å². The lowest BCUT2D eigenvalue weighted by Gasteiger charge is -2.30. The Labute approximate surface area is 321 Å². The molecule has 1 amide bonds. The molecule has 1 saturated carbocycles. The molecule has 3 heterocycles. The topological polar surface area (TPSA) is 147 Å². The van der Waals surface area contributed by atoms with E-state index in [-0.39, 0.29) is 35.8 Å². The van der Waals surface area contributed by atoms with E-state index in [9.17, 15) is 27.9 Å². The molecule has 7 rings (SSSR count). The average molecular weight is 779 g/mol. The number of nitrogens with one attached hydrogen (secondary N) is 4. The summed E-state index contributed by atoms with van der Waals surface area (Å²) in [6, 6.07) is 14.0. The number of rotatable bonds is 14. The second kappa shape index (κ2) is 15.7. The highest BCUT2D eigenvalue weighted by Gasteiger charge is 2.50. The van der Waals surface area contributed by atoms with Crippen molar-refractivity contribution in [2.24, 2.45) is 0 Å². The van der Waals surface area contributed by atoms with Crippen molar-refractivity contribution in [2.45, 2.75) is 81.8 Å². The Bertz CT molecular complexity index is 2110. The number of carbonyl (C=O) groups is 2. The van der Waals surface area contributed by atoms with Crippen LogP contribution in [0.25, 0.3) is 22.4 Å². The van der Waals surface area contributed by atoms with Gasteiger partial charge in [0, 0.05) is 60.5 Å². The van der Waals surface area contributed by atoms with Gasteiger partial charge < -0.3 is 30.5 Å². The molecule has 1 saturated heterocycles. The Balaban J connectivity index is 1.15. The number of halogens is 4. The number of hydrogen-bond donors (Lipinski definition) is 5. The van der Waals surface area contributed by atoms with Gasteiger partial charge in [-0.2, -0.15) is 18.2 Å². The van der Waals surface area contributed by atoms with Gasteiger partial charge in [-0.3, -0.25) is 19.9 Å². The van der Waals surface area contributed by atoms with Gasteiger partial charge in [-0.1, -0.05) is 41.9 Å². The normalized spacial score (nSPS) is 18.7. The summed E-state index contributed by atoms with van der Waals surface area (Å²) in [4.78, 5) is 32.1. The van der Waals surface area contributed by atoms with Crippen molar-refractivity contribution in [3.63, 3.8) is 0 Å². The zero-order valence-electron chi connectivity index (χ0n) is 30.4. The molecule has 0 radical (unpaired) electrons. The van der Waals surface area contributed by atoms with Crippen LogP contribution in [0.4, 0.5) is 19.0 Å². The summed E-state index contributed by atoms with van der Waals surface area (Å²) in [5.74, 6) is -0.692. The van der Waals surface area contributed by atoms with Crippen molar-refractivity contribution in [1.82, 2.24) is 25.9 Å². The van der Waals surface area contributed by atoms with Crippen molar-refractivity contribution in [3.8, 4) is 34.0 Å². The molecule has 55 heavy (non-hydrogen) atoms. The quantitative estimate of drug-likeness (QED) is 0.0902. The molecule has 11 nitrogen and oxygen atoms in total. The Kier molecular flexibility index (Phi) is 10.9. The van der Waals surface area contributed by atoms with Crippen molar-refractivity contribution in [3.05, 3.63) is 87.6 Å². The minimum absolute atomic E-state index is 0.0231. The molecule has 2 aromatic heterocycles. The molecule has 2 atom stereocenters. The molecule has 0 spiro atoms. The van der Waals surface area contributed by atoms with E-state index < -0.39 is 29.3 Å². The number of carbonyl (C=O) groups excluding carboxylic acids is 1. The third kappa shape index (κ3) is 8.07. The molecule has 2 aliphatic carbocycles. The second-order valence-corrected chi connectivity index (χ2v) is 14.6. The molecule has 2 fully saturated rings. The van der Waals surface area contributed by atoms with E-state index in [1.54, 1.807) is 13.3 Å². The van der Waals surface area contributed by atoms with Gasteiger partial charge in [0.05, 0.1) is 36.5 Å². The summed E-state index contributed by atoms with van der Waals surface area (Å²) in [5, 5.41) is 22.3. The number of carboxylic acid groups (broad SMARTS) is 1. The molecule has 4 aromatic rings. The highest BCUT2D eigenvalue weighted by atomic mass is 35.5. The molecular formula is C40H42ClF3N6O5. The standard InChI is InChI=1S/C40H42ClF3N6O5/c1-54-32-18-22(9-10-23(32)19-45-21-25-11-12-33(51)48-25)35-34(41)29(13-16-46-35)27-5-3-7-28-26(27)6-4-8-31(28)49-36-30(40(42,43)44)17-24(37(50-36)55-2)20-47-39(14-15-39)38(52)53/h3,5,7,9-10,13,16-18,25,31,45,47H,4,6,8,11-12,14-15,19-21H2,1-2H3,(H,48,51)(H,49,50)(H,52,53)/t25-,31-/m1/s1. The summed E-state index contributed by atoms with van der Waals surface area (Å²) in [6.07, 6.45) is 1.04. The van der Waals surface area contributed by atoms with Crippen LogP contribution in [0.1, 0.15) is 72.4 Å². The monoisotopic (exact) mass is 778 g/mol. The highest BCUT2D eigenvalue weighted by Crippen LogP contribution is 2.44. The number of carboxylic acids is 1. The zero-order valence-corrected chi connectivity index (χ0v) is 31.2.